The van der Waals surface area contributed by atoms with Crippen LogP contribution in [-0.2, 0) is 9.53 Å². The van der Waals surface area contributed by atoms with Crippen LogP contribution in [0.15, 0.2) is 42.5 Å². The van der Waals surface area contributed by atoms with Crippen LogP contribution in [0.4, 0.5) is 10.1 Å². The maximum atomic E-state index is 15.2. The monoisotopic (exact) mass is 549 g/mol. The van der Waals surface area contributed by atoms with Crippen molar-refractivity contribution in [3.8, 4) is 0 Å². The molecule has 4 atom stereocenters. The van der Waals surface area contributed by atoms with E-state index < -0.39 is 23.4 Å². The molecule has 2 saturated heterocycles. The molecule has 2 heterocycles. The number of hydrogen-bond donors (Lipinski definition) is 1. The molecular weight excluding hydrogens is 505 g/mol. The topological polar surface area (TPSA) is 61.9 Å². The third-order valence-corrected chi connectivity index (χ3v) is 8.94. The van der Waals surface area contributed by atoms with Gasteiger partial charge in [0.2, 0.25) is 0 Å². The number of carbonyl (C=O) groups is 2. The van der Waals surface area contributed by atoms with Crippen molar-refractivity contribution >= 4 is 17.6 Å². The van der Waals surface area contributed by atoms with Crippen molar-refractivity contribution < 1.29 is 18.7 Å². The van der Waals surface area contributed by atoms with Crippen LogP contribution in [0, 0.1) is 24.6 Å². The first-order valence-electron chi connectivity index (χ1n) is 14.9. The molecule has 3 aliphatic rings. The van der Waals surface area contributed by atoms with Crippen LogP contribution in [0.3, 0.4) is 0 Å². The van der Waals surface area contributed by atoms with Gasteiger partial charge in [-0.05, 0) is 115 Å². The van der Waals surface area contributed by atoms with E-state index >= 15 is 4.39 Å². The molecule has 1 aliphatic carbocycles. The summed E-state index contributed by atoms with van der Waals surface area (Å²) in [5, 5.41) is 3.66. The molecule has 2 aromatic rings. The Bertz CT molecular complexity index is 1200. The van der Waals surface area contributed by atoms with Crippen molar-refractivity contribution in [2.45, 2.75) is 89.9 Å². The zero-order valence-electron chi connectivity index (χ0n) is 24.6. The van der Waals surface area contributed by atoms with Crippen LogP contribution in [0.2, 0.25) is 0 Å². The van der Waals surface area contributed by atoms with E-state index in [0.29, 0.717) is 18.0 Å². The lowest BCUT2D eigenvalue weighted by molar-refractivity contribution is -0.165. The van der Waals surface area contributed by atoms with Crippen molar-refractivity contribution in [1.29, 1.82) is 0 Å². The van der Waals surface area contributed by atoms with Gasteiger partial charge in [0.25, 0.3) is 5.91 Å². The number of fused-ring (bicyclic) bond motifs is 1. The third-order valence-electron chi connectivity index (χ3n) is 8.94. The second-order valence-electron chi connectivity index (χ2n) is 13.1. The molecule has 0 radical (unpaired) electrons. The van der Waals surface area contributed by atoms with Crippen LogP contribution in [0.1, 0.15) is 86.8 Å². The predicted octanol–water partition coefficient (Wildman–Crippen LogP) is 6.35. The Hall–Kier alpha value is -2.93. The number of likely N-dealkylation sites (tertiary alicyclic amines) is 2. The number of esters is 1. The predicted molar refractivity (Wildman–Crippen MR) is 156 cm³/mol. The molecule has 1 unspecified atom stereocenters. The summed E-state index contributed by atoms with van der Waals surface area (Å²) < 4.78 is 21.1. The summed E-state index contributed by atoms with van der Waals surface area (Å²) in [5.74, 6) is -1.48. The number of aryl methyl sites for hydroxylation is 1. The first-order chi connectivity index (χ1) is 19.0. The average molecular weight is 550 g/mol. The van der Waals surface area contributed by atoms with Crippen LogP contribution in [-0.4, -0.2) is 59.5 Å². The minimum atomic E-state index is -0.646. The van der Waals surface area contributed by atoms with Crippen LogP contribution in [0.25, 0.3) is 0 Å². The highest BCUT2D eigenvalue weighted by molar-refractivity contribution is 5.97. The van der Waals surface area contributed by atoms with E-state index in [1.807, 2.05) is 37.8 Å². The van der Waals surface area contributed by atoms with Gasteiger partial charge in [0.05, 0.1) is 17.5 Å². The Kier molecular flexibility index (Phi) is 8.23. The highest BCUT2D eigenvalue weighted by atomic mass is 19.1. The summed E-state index contributed by atoms with van der Waals surface area (Å²) in [6.07, 6.45) is 5.65. The quantitative estimate of drug-likeness (QED) is 0.440. The lowest BCUT2D eigenvalue weighted by Gasteiger charge is -2.48. The number of ether oxygens (including phenoxy) is 1. The van der Waals surface area contributed by atoms with Gasteiger partial charge in [0.1, 0.15) is 11.4 Å². The van der Waals surface area contributed by atoms with Gasteiger partial charge in [-0.1, -0.05) is 30.7 Å². The standard InChI is InChI=1S/C33H44FN3O3/c1-21-8-6-10-27(34)29(21)31(38)37-28-11-7-9-23(28)20-26(32(39)40-33(2,3)4)30(37)22-12-14-24(15-13-22)35-25-16-18-36(5)19-17-25/h6,8,10,12-15,23,25-26,28,30,35H,7,9,11,16-20H2,1-5H3/t23-,26+,28?,30+/m1/s1. The average Bonchev–Trinajstić information content (AvgIpc) is 3.37. The summed E-state index contributed by atoms with van der Waals surface area (Å²) >= 11 is 0. The van der Waals surface area contributed by atoms with Gasteiger partial charge in [-0.2, -0.15) is 0 Å². The second kappa shape index (κ2) is 11.5. The summed E-state index contributed by atoms with van der Waals surface area (Å²) in [4.78, 5) is 32.2. The summed E-state index contributed by atoms with van der Waals surface area (Å²) in [6.45, 7) is 9.54. The number of rotatable bonds is 5. The zero-order chi connectivity index (χ0) is 28.6. The molecule has 1 amide bonds. The highest BCUT2D eigenvalue weighted by Crippen LogP contribution is 2.49. The molecule has 5 rings (SSSR count). The number of piperidine rings is 2. The SMILES string of the molecule is Cc1cccc(F)c1C(=O)N1C2CCC[C@@H]2C[C@H](C(=O)OC(C)(C)C)[C@@H]1c1ccc(NC2CCN(C)CC2)cc1. The lowest BCUT2D eigenvalue weighted by Crippen LogP contribution is -2.54. The molecule has 7 heteroatoms. The highest BCUT2D eigenvalue weighted by Gasteiger charge is 2.51. The minimum Gasteiger partial charge on any atom is -0.460 e. The maximum absolute atomic E-state index is 15.2. The number of benzene rings is 2. The van der Waals surface area contributed by atoms with Crippen LogP contribution in [0.5, 0.6) is 0 Å². The van der Waals surface area contributed by atoms with Gasteiger partial charge in [0.15, 0.2) is 0 Å². The largest absolute Gasteiger partial charge is 0.460 e. The van der Waals surface area contributed by atoms with E-state index in [1.54, 1.807) is 19.1 Å². The molecule has 2 aliphatic heterocycles. The van der Waals surface area contributed by atoms with Gasteiger partial charge in [-0.25, -0.2) is 4.39 Å². The van der Waals surface area contributed by atoms with Crippen molar-refractivity contribution in [1.82, 2.24) is 9.80 Å². The van der Waals surface area contributed by atoms with Crippen LogP contribution < -0.4 is 5.32 Å². The molecule has 2 aromatic carbocycles. The molecule has 3 fully saturated rings. The van der Waals surface area contributed by atoms with Crippen molar-refractivity contribution in [2.24, 2.45) is 11.8 Å². The number of amides is 1. The molecule has 40 heavy (non-hydrogen) atoms. The second-order valence-corrected chi connectivity index (χ2v) is 13.1. The molecule has 0 bridgehead atoms. The van der Waals surface area contributed by atoms with Crippen molar-refractivity contribution in [3.63, 3.8) is 0 Å². The molecule has 1 N–H and O–H groups in total. The Morgan fingerprint density at radius 1 is 1.00 bits per heavy atom. The molecule has 0 spiro atoms. The van der Waals surface area contributed by atoms with E-state index in [-0.39, 0.29) is 29.4 Å². The van der Waals surface area contributed by atoms with Crippen LogP contribution >= 0.6 is 0 Å². The first-order valence-corrected chi connectivity index (χ1v) is 14.9. The number of nitrogens with zero attached hydrogens (tertiary/aromatic N) is 2. The minimum absolute atomic E-state index is 0.0350. The lowest BCUT2D eigenvalue weighted by atomic mass is 9.76. The van der Waals surface area contributed by atoms with E-state index in [0.717, 1.165) is 56.4 Å². The number of nitrogens with one attached hydrogen (secondary N) is 1. The van der Waals surface area contributed by atoms with E-state index in [1.165, 1.54) is 6.07 Å². The maximum Gasteiger partial charge on any atom is 0.311 e. The summed E-state index contributed by atoms with van der Waals surface area (Å²) in [6, 6.07) is 12.8. The molecule has 1 saturated carbocycles. The first kappa shape index (κ1) is 28.6. The molecular formula is C33H44FN3O3. The number of halogens is 1. The fraction of sp³-hybridized carbons (Fsp3) is 0.576. The Morgan fingerprint density at radius 3 is 2.35 bits per heavy atom. The van der Waals surface area contributed by atoms with Gasteiger partial charge >= 0.3 is 5.97 Å². The van der Waals surface area contributed by atoms with Crippen molar-refractivity contribution in [3.05, 3.63) is 65.0 Å². The molecule has 216 valence electrons. The van der Waals surface area contributed by atoms with Gasteiger partial charge in [-0.15, -0.1) is 0 Å². The van der Waals surface area contributed by atoms with E-state index in [4.69, 9.17) is 4.74 Å². The smallest absolute Gasteiger partial charge is 0.311 e. The summed E-state index contributed by atoms with van der Waals surface area (Å²) in [5.41, 5.74) is 1.98. The fourth-order valence-electron chi connectivity index (χ4n) is 6.98. The Balaban J connectivity index is 1.52. The molecule has 6 nitrogen and oxygen atoms in total. The normalized spacial score (nSPS) is 25.9. The zero-order valence-corrected chi connectivity index (χ0v) is 24.6. The van der Waals surface area contributed by atoms with Crippen molar-refractivity contribution in [2.75, 3.05) is 25.5 Å². The van der Waals surface area contributed by atoms with E-state index in [2.05, 4.69) is 29.4 Å². The Labute approximate surface area is 238 Å². The van der Waals surface area contributed by atoms with Gasteiger partial charge < -0.3 is 19.9 Å². The van der Waals surface area contributed by atoms with E-state index in [9.17, 15) is 9.59 Å². The Morgan fingerprint density at radius 2 is 1.70 bits per heavy atom. The van der Waals surface area contributed by atoms with Gasteiger partial charge in [-0.3, -0.25) is 9.59 Å². The number of carbonyl (C=O) groups excluding carboxylic acids is 2. The summed E-state index contributed by atoms with van der Waals surface area (Å²) in [7, 11) is 2.15. The molecule has 0 aromatic heterocycles. The fourth-order valence-corrected chi connectivity index (χ4v) is 6.98. The third kappa shape index (κ3) is 6.04. The number of hydrogen-bond acceptors (Lipinski definition) is 5. The number of anilines is 1. The van der Waals surface area contributed by atoms with Gasteiger partial charge in [0, 0.05) is 17.8 Å².